The fraction of sp³-hybridized carbons (Fsp3) is 0.340. The zero-order valence-electron chi connectivity index (χ0n) is 37.6. The highest BCUT2D eigenvalue weighted by molar-refractivity contribution is 8.76. The van der Waals surface area contributed by atoms with Crippen molar-refractivity contribution in [2.24, 2.45) is 4.99 Å². The van der Waals surface area contributed by atoms with E-state index in [4.69, 9.17) is 19.2 Å². The first kappa shape index (κ1) is 45.1. The van der Waals surface area contributed by atoms with E-state index in [2.05, 4.69) is 17.4 Å². The molecule has 0 aliphatic carbocycles. The van der Waals surface area contributed by atoms with Crippen LogP contribution < -0.4 is 29.3 Å². The molecule has 0 saturated heterocycles. The lowest BCUT2D eigenvalue weighted by molar-refractivity contribution is -0.119. The van der Waals surface area contributed by atoms with Crippen molar-refractivity contribution < 1.29 is 33.4 Å². The number of aliphatic imine (C=N–C) groups is 1. The van der Waals surface area contributed by atoms with E-state index in [-0.39, 0.29) is 43.0 Å². The minimum Gasteiger partial charge on any atom is -0.493 e. The summed E-state index contributed by atoms with van der Waals surface area (Å²) in [5, 5.41) is 3.11. The highest BCUT2D eigenvalue weighted by atomic mass is 33.1. The number of ether oxygens (including phenoxy) is 3. The predicted molar refractivity (Wildman–Crippen MR) is 265 cm³/mol. The summed E-state index contributed by atoms with van der Waals surface area (Å²) in [6.07, 6.45) is 8.14. The Kier molecular flexibility index (Phi) is 13.8. The van der Waals surface area contributed by atoms with Crippen molar-refractivity contribution in [3.63, 3.8) is 0 Å². The smallest absolute Gasteiger partial charge is 0.261 e. The number of nitrogens with one attached hydrogen (secondary N) is 1. The molecule has 0 unspecified atom stereocenters. The van der Waals surface area contributed by atoms with Crippen molar-refractivity contribution in [2.75, 3.05) is 33.7 Å². The molecule has 5 aromatic carbocycles. The Morgan fingerprint density at radius 2 is 1.41 bits per heavy atom. The zero-order valence-corrected chi connectivity index (χ0v) is 39.2. The van der Waals surface area contributed by atoms with Gasteiger partial charge in [0.15, 0.2) is 11.5 Å². The number of methoxy groups -OCH3 is 1. The van der Waals surface area contributed by atoms with E-state index >= 15 is 0 Å². The summed E-state index contributed by atoms with van der Waals surface area (Å²) in [6.45, 7) is 4.17. The van der Waals surface area contributed by atoms with Gasteiger partial charge in [0.25, 0.3) is 11.8 Å². The Labute approximate surface area is 394 Å². The van der Waals surface area contributed by atoms with Gasteiger partial charge in [-0.15, -0.1) is 0 Å². The number of benzene rings is 5. The Bertz CT molecular complexity index is 2720. The molecule has 0 spiro atoms. The van der Waals surface area contributed by atoms with E-state index in [0.717, 1.165) is 89.2 Å². The van der Waals surface area contributed by atoms with Crippen LogP contribution in [0.1, 0.15) is 99.5 Å². The molecule has 0 aromatic heterocycles. The molecule has 11 nitrogen and oxygen atoms in total. The molecule has 0 radical (unpaired) electrons. The van der Waals surface area contributed by atoms with Crippen LogP contribution in [0.2, 0.25) is 0 Å². The van der Waals surface area contributed by atoms with Gasteiger partial charge in [0, 0.05) is 78.1 Å². The van der Waals surface area contributed by atoms with Crippen LogP contribution >= 0.6 is 21.6 Å². The molecule has 0 bridgehead atoms. The van der Waals surface area contributed by atoms with Gasteiger partial charge in [-0.2, -0.15) is 0 Å². The number of hydrogen-bond donors (Lipinski definition) is 1. The molecule has 66 heavy (non-hydrogen) atoms. The van der Waals surface area contributed by atoms with Gasteiger partial charge in [0.1, 0.15) is 24.7 Å². The predicted octanol–water partition coefficient (Wildman–Crippen LogP) is 10.8. The summed E-state index contributed by atoms with van der Waals surface area (Å²) in [4.78, 5) is 61.5. The maximum atomic E-state index is 14.1. The normalized spacial score (nSPS) is 16.6. The average molecular weight is 923 g/mol. The van der Waals surface area contributed by atoms with Crippen LogP contribution in [-0.2, 0) is 42.1 Å². The largest absolute Gasteiger partial charge is 0.493 e. The maximum Gasteiger partial charge on any atom is 0.261 e. The van der Waals surface area contributed by atoms with Crippen molar-refractivity contribution in [3.8, 4) is 17.2 Å². The van der Waals surface area contributed by atoms with Gasteiger partial charge in [-0.1, -0.05) is 64.9 Å². The van der Waals surface area contributed by atoms with E-state index in [1.54, 1.807) is 34.8 Å². The number of rotatable bonds is 18. The van der Waals surface area contributed by atoms with Crippen molar-refractivity contribution in [3.05, 3.63) is 136 Å². The molecular formula is C53H54N4O7S2. The lowest BCUT2D eigenvalue weighted by Crippen LogP contribution is -2.37. The van der Waals surface area contributed by atoms with E-state index in [1.165, 1.54) is 5.56 Å². The molecular weight excluding hydrogens is 869 g/mol. The second kappa shape index (κ2) is 20.2. The number of carbonyl (C=O) groups excluding carboxylic acids is 4. The standard InChI is InChI=1S/C53H54N4O7S2/c1-4-42(58)13-9-19-65-66-20-10-16-51(59)55-39-23-34(31-63-48-29-45-44(21-33(48)2)53(61)57-41(30-54-45)26-38-12-6-8-15-47(38)57)22-35(24-39)32-64-50-27-36-17-18-40-25-37-11-5-7-14-46(37)56(40)52(60)43(36)28-49(50)62-3/h5-8,11-12,14-15,21-24,27-30,40-41H,4,9-10,13,16-20,25-26,31-32H2,1-3H3,(H,55,59)/t40-,41+/m1/s1. The average Bonchev–Trinajstić information content (AvgIpc) is 3.82. The summed E-state index contributed by atoms with van der Waals surface area (Å²) in [5.74, 6) is 3.45. The Morgan fingerprint density at radius 1 is 0.742 bits per heavy atom. The second-order valence-electron chi connectivity index (χ2n) is 17.3. The Hall–Kier alpha value is -6.05. The SMILES string of the molecule is CCC(=O)CCCSSCCCC(=O)Nc1cc(COc2cc3c(cc2C)C(=O)N2c4ccccc4C[C@H]2C=N3)cc(COc2cc3c(cc2OC)C(=O)N2c4ccccc4C[C@H]2CC3)c1. The number of nitrogens with zero attached hydrogens (tertiary/aromatic N) is 3. The van der Waals surface area contributed by atoms with Gasteiger partial charge in [0.2, 0.25) is 5.91 Å². The summed E-state index contributed by atoms with van der Waals surface area (Å²) < 4.78 is 18.8. The summed E-state index contributed by atoms with van der Waals surface area (Å²) in [5.41, 5.74) is 9.91. The number of fused-ring (bicyclic) bond motifs is 8. The van der Waals surface area contributed by atoms with Crippen LogP contribution in [0.3, 0.4) is 0 Å². The van der Waals surface area contributed by atoms with Gasteiger partial charge in [0.05, 0.1) is 24.4 Å². The lowest BCUT2D eigenvalue weighted by atomic mass is 9.99. The van der Waals surface area contributed by atoms with Crippen LogP contribution in [0.15, 0.2) is 96.0 Å². The zero-order chi connectivity index (χ0) is 45.7. The lowest BCUT2D eigenvalue weighted by Gasteiger charge is -2.23. The fourth-order valence-corrected chi connectivity index (χ4v) is 11.5. The molecule has 2 atom stereocenters. The third kappa shape index (κ3) is 9.73. The van der Waals surface area contributed by atoms with Crippen LogP contribution in [0.4, 0.5) is 22.7 Å². The van der Waals surface area contributed by atoms with Crippen LogP contribution in [0, 0.1) is 6.92 Å². The molecule has 3 amide bonds. The highest BCUT2D eigenvalue weighted by Crippen LogP contribution is 2.42. The van der Waals surface area contributed by atoms with E-state index in [9.17, 15) is 19.2 Å². The number of aryl methyl sites for hydroxylation is 2. The number of Topliss-reactive ketones (excluding diaryl/α,β-unsaturated/α-hetero) is 1. The molecule has 4 aliphatic heterocycles. The topological polar surface area (TPSA) is 127 Å². The number of ketones is 1. The van der Waals surface area contributed by atoms with Crippen molar-refractivity contribution in [1.29, 1.82) is 0 Å². The highest BCUT2D eigenvalue weighted by Gasteiger charge is 2.38. The van der Waals surface area contributed by atoms with Crippen LogP contribution in [0.25, 0.3) is 0 Å². The molecule has 4 aliphatic rings. The van der Waals surface area contributed by atoms with Gasteiger partial charge in [-0.05, 0) is 121 Å². The van der Waals surface area contributed by atoms with E-state index in [0.29, 0.717) is 64.8 Å². The van der Waals surface area contributed by atoms with Gasteiger partial charge < -0.3 is 24.4 Å². The third-order valence-electron chi connectivity index (χ3n) is 12.7. The molecule has 13 heteroatoms. The minimum absolute atomic E-state index is 0.0259. The van der Waals surface area contributed by atoms with Crippen LogP contribution in [0.5, 0.6) is 17.2 Å². The Balaban J connectivity index is 0.910. The quantitative estimate of drug-likeness (QED) is 0.0675. The maximum absolute atomic E-state index is 14.1. The molecule has 0 fully saturated rings. The van der Waals surface area contributed by atoms with Gasteiger partial charge >= 0.3 is 0 Å². The summed E-state index contributed by atoms with van der Waals surface area (Å²) in [6, 6.07) is 29.3. The molecule has 4 heterocycles. The number of amides is 3. The van der Waals surface area contributed by atoms with Crippen molar-refractivity contribution >= 4 is 74.1 Å². The van der Waals surface area contributed by atoms with Crippen molar-refractivity contribution in [1.82, 2.24) is 0 Å². The summed E-state index contributed by atoms with van der Waals surface area (Å²) >= 11 is 0. The number of hydrogen-bond acceptors (Lipinski definition) is 10. The molecule has 1 N–H and O–H groups in total. The first-order chi connectivity index (χ1) is 32.2. The Morgan fingerprint density at radius 3 is 2.14 bits per heavy atom. The second-order valence-corrected chi connectivity index (χ2v) is 20.0. The van der Waals surface area contributed by atoms with Gasteiger partial charge in [-0.3, -0.25) is 29.1 Å². The molecule has 0 saturated carbocycles. The number of carbonyl (C=O) groups is 4. The van der Waals surface area contributed by atoms with Crippen LogP contribution in [-0.4, -0.2) is 60.4 Å². The number of para-hydroxylation sites is 2. The van der Waals surface area contributed by atoms with Gasteiger partial charge in [-0.25, -0.2) is 0 Å². The third-order valence-corrected chi connectivity index (χ3v) is 15.3. The molecule has 9 rings (SSSR count). The monoisotopic (exact) mass is 922 g/mol. The summed E-state index contributed by atoms with van der Waals surface area (Å²) in [7, 11) is 5.06. The molecule has 5 aromatic rings. The minimum atomic E-state index is -0.152. The van der Waals surface area contributed by atoms with Crippen molar-refractivity contribution in [2.45, 2.75) is 96.9 Å². The number of anilines is 3. The molecule has 340 valence electrons. The van der Waals surface area contributed by atoms with E-state index < -0.39 is 0 Å². The van der Waals surface area contributed by atoms with E-state index in [1.807, 2.05) is 103 Å². The fourth-order valence-electron chi connectivity index (χ4n) is 9.36. The first-order valence-electron chi connectivity index (χ1n) is 22.8. The first-order valence-corrected chi connectivity index (χ1v) is 25.3.